The first-order chi connectivity index (χ1) is 6.77. The number of esters is 1. The maximum Gasteiger partial charge on any atom is 0.305 e. The molecule has 1 aliphatic carbocycles. The van der Waals surface area contributed by atoms with E-state index in [1.807, 2.05) is 0 Å². The van der Waals surface area contributed by atoms with E-state index in [9.17, 15) is 4.79 Å². The van der Waals surface area contributed by atoms with Gasteiger partial charge in [-0.1, -0.05) is 13.3 Å². The van der Waals surface area contributed by atoms with Gasteiger partial charge in [0.1, 0.15) is 0 Å². The number of nitrogens with one attached hydrogen (secondary N) is 1. The number of hydrogen-bond acceptors (Lipinski definition) is 3. The van der Waals surface area contributed by atoms with Crippen molar-refractivity contribution in [2.45, 2.75) is 45.1 Å². The van der Waals surface area contributed by atoms with Gasteiger partial charge in [0.05, 0.1) is 7.11 Å². The Kier molecular flexibility index (Phi) is 4.94. The zero-order valence-electron chi connectivity index (χ0n) is 9.21. The highest BCUT2D eigenvalue weighted by Gasteiger charge is 2.34. The molecule has 2 atom stereocenters. The number of carbonyl (C=O) groups excluding carboxylic acids is 1. The van der Waals surface area contributed by atoms with Gasteiger partial charge >= 0.3 is 5.97 Å². The van der Waals surface area contributed by atoms with Gasteiger partial charge in [-0.15, -0.1) is 0 Å². The van der Waals surface area contributed by atoms with Crippen LogP contribution in [0.15, 0.2) is 0 Å². The van der Waals surface area contributed by atoms with Crippen LogP contribution in [0.3, 0.4) is 0 Å². The molecule has 0 aliphatic heterocycles. The smallest absolute Gasteiger partial charge is 0.305 e. The van der Waals surface area contributed by atoms with Crippen LogP contribution in [0.2, 0.25) is 0 Å². The standard InChI is InChI=1S/C11H21NO2/c1-3-5-9-8-10(9)12-7-4-6-11(13)14-2/h9-10,12H,3-8H2,1-2H3. The van der Waals surface area contributed by atoms with E-state index >= 15 is 0 Å². The molecule has 0 amide bonds. The summed E-state index contributed by atoms with van der Waals surface area (Å²) in [6, 6.07) is 0.729. The zero-order valence-corrected chi connectivity index (χ0v) is 9.21. The maximum absolute atomic E-state index is 10.8. The maximum atomic E-state index is 10.8. The predicted octanol–water partition coefficient (Wildman–Crippen LogP) is 1.72. The molecule has 0 aromatic rings. The highest BCUT2D eigenvalue weighted by molar-refractivity contribution is 5.69. The van der Waals surface area contributed by atoms with E-state index < -0.39 is 0 Å². The fourth-order valence-electron chi connectivity index (χ4n) is 1.81. The summed E-state index contributed by atoms with van der Waals surface area (Å²) in [6.45, 7) is 3.17. The fraction of sp³-hybridized carbons (Fsp3) is 0.909. The van der Waals surface area contributed by atoms with Crippen LogP contribution in [-0.2, 0) is 9.53 Å². The van der Waals surface area contributed by atoms with Crippen LogP contribution in [0.25, 0.3) is 0 Å². The Balaban J connectivity index is 1.88. The second-order valence-electron chi connectivity index (χ2n) is 4.02. The normalized spacial score (nSPS) is 24.7. The number of hydrogen-bond donors (Lipinski definition) is 1. The summed E-state index contributed by atoms with van der Waals surface area (Å²) in [5, 5.41) is 3.46. The largest absolute Gasteiger partial charge is 0.469 e. The molecule has 0 aromatic carbocycles. The van der Waals surface area contributed by atoms with Crippen molar-refractivity contribution in [2.24, 2.45) is 5.92 Å². The van der Waals surface area contributed by atoms with Crippen LogP contribution in [0, 0.1) is 5.92 Å². The quantitative estimate of drug-likeness (QED) is 0.501. The van der Waals surface area contributed by atoms with Crippen molar-refractivity contribution in [1.82, 2.24) is 5.32 Å². The third-order valence-electron chi connectivity index (χ3n) is 2.77. The molecule has 0 saturated heterocycles. The van der Waals surface area contributed by atoms with Gasteiger partial charge in [-0.05, 0) is 31.7 Å². The number of methoxy groups -OCH3 is 1. The minimum Gasteiger partial charge on any atom is -0.469 e. The Hall–Kier alpha value is -0.570. The van der Waals surface area contributed by atoms with E-state index in [2.05, 4.69) is 17.0 Å². The molecule has 2 unspecified atom stereocenters. The summed E-state index contributed by atoms with van der Waals surface area (Å²) < 4.78 is 4.57. The van der Waals surface area contributed by atoms with Crippen LogP contribution >= 0.6 is 0 Å². The Labute approximate surface area is 86.2 Å². The molecule has 82 valence electrons. The van der Waals surface area contributed by atoms with E-state index in [0.717, 1.165) is 24.9 Å². The molecule has 0 bridgehead atoms. The molecule has 0 spiro atoms. The van der Waals surface area contributed by atoms with Crippen LogP contribution in [0.5, 0.6) is 0 Å². The van der Waals surface area contributed by atoms with Gasteiger partial charge in [0.25, 0.3) is 0 Å². The fourth-order valence-corrected chi connectivity index (χ4v) is 1.81. The Morgan fingerprint density at radius 2 is 2.36 bits per heavy atom. The lowest BCUT2D eigenvalue weighted by atomic mass is 10.2. The molecule has 1 fully saturated rings. The van der Waals surface area contributed by atoms with Crippen molar-refractivity contribution < 1.29 is 9.53 Å². The van der Waals surface area contributed by atoms with Gasteiger partial charge < -0.3 is 10.1 Å². The molecule has 1 rings (SSSR count). The van der Waals surface area contributed by atoms with Crippen molar-refractivity contribution in [1.29, 1.82) is 0 Å². The molecule has 0 radical (unpaired) electrons. The van der Waals surface area contributed by atoms with Crippen LogP contribution in [0.4, 0.5) is 0 Å². The van der Waals surface area contributed by atoms with Gasteiger partial charge in [0, 0.05) is 12.5 Å². The average molecular weight is 199 g/mol. The molecule has 0 aromatic heterocycles. The van der Waals surface area contributed by atoms with Gasteiger partial charge in [-0.25, -0.2) is 0 Å². The highest BCUT2D eigenvalue weighted by Crippen LogP contribution is 2.34. The molecule has 0 heterocycles. The van der Waals surface area contributed by atoms with Crippen molar-refractivity contribution in [3.63, 3.8) is 0 Å². The summed E-state index contributed by atoms with van der Waals surface area (Å²) >= 11 is 0. The summed E-state index contributed by atoms with van der Waals surface area (Å²) in [6.07, 6.45) is 5.38. The molecule has 3 heteroatoms. The molecular formula is C11H21NO2. The lowest BCUT2D eigenvalue weighted by Gasteiger charge is -2.02. The molecule has 1 saturated carbocycles. The highest BCUT2D eigenvalue weighted by atomic mass is 16.5. The Bertz CT molecular complexity index is 182. The lowest BCUT2D eigenvalue weighted by molar-refractivity contribution is -0.140. The molecular weight excluding hydrogens is 178 g/mol. The summed E-state index contributed by atoms with van der Waals surface area (Å²) in [5.74, 6) is 0.797. The van der Waals surface area contributed by atoms with Gasteiger partial charge in [-0.3, -0.25) is 4.79 Å². The van der Waals surface area contributed by atoms with Crippen molar-refractivity contribution in [3.05, 3.63) is 0 Å². The van der Waals surface area contributed by atoms with Crippen LogP contribution < -0.4 is 5.32 Å². The first-order valence-corrected chi connectivity index (χ1v) is 5.58. The van der Waals surface area contributed by atoms with E-state index in [0.29, 0.717) is 6.42 Å². The summed E-state index contributed by atoms with van der Waals surface area (Å²) in [5.41, 5.74) is 0. The Morgan fingerprint density at radius 1 is 1.57 bits per heavy atom. The predicted molar refractivity (Wildman–Crippen MR) is 56.1 cm³/mol. The first-order valence-electron chi connectivity index (χ1n) is 5.58. The van der Waals surface area contributed by atoms with Crippen molar-refractivity contribution in [3.8, 4) is 0 Å². The van der Waals surface area contributed by atoms with E-state index in [-0.39, 0.29) is 5.97 Å². The molecule has 14 heavy (non-hydrogen) atoms. The first kappa shape index (κ1) is 11.5. The SMILES string of the molecule is CCCC1CC1NCCCC(=O)OC. The van der Waals surface area contributed by atoms with E-state index in [4.69, 9.17) is 0 Å². The van der Waals surface area contributed by atoms with Crippen molar-refractivity contribution in [2.75, 3.05) is 13.7 Å². The second kappa shape index (κ2) is 6.02. The Morgan fingerprint density at radius 3 is 3.00 bits per heavy atom. The number of rotatable bonds is 7. The van der Waals surface area contributed by atoms with Crippen molar-refractivity contribution >= 4 is 5.97 Å². The minimum atomic E-state index is -0.104. The summed E-state index contributed by atoms with van der Waals surface area (Å²) in [4.78, 5) is 10.8. The van der Waals surface area contributed by atoms with E-state index in [1.165, 1.54) is 26.4 Å². The van der Waals surface area contributed by atoms with Gasteiger partial charge in [0.2, 0.25) is 0 Å². The van der Waals surface area contributed by atoms with Gasteiger partial charge in [-0.2, -0.15) is 0 Å². The second-order valence-corrected chi connectivity index (χ2v) is 4.02. The third kappa shape index (κ3) is 4.09. The average Bonchev–Trinajstić information content (AvgIpc) is 2.92. The third-order valence-corrected chi connectivity index (χ3v) is 2.77. The molecule has 3 nitrogen and oxygen atoms in total. The number of ether oxygens (including phenoxy) is 1. The number of carbonyl (C=O) groups is 1. The summed E-state index contributed by atoms with van der Waals surface area (Å²) in [7, 11) is 1.44. The minimum absolute atomic E-state index is 0.104. The van der Waals surface area contributed by atoms with Gasteiger partial charge in [0.15, 0.2) is 0 Å². The molecule has 1 N–H and O–H groups in total. The van der Waals surface area contributed by atoms with Crippen LogP contribution in [-0.4, -0.2) is 25.7 Å². The van der Waals surface area contributed by atoms with Crippen LogP contribution in [0.1, 0.15) is 39.0 Å². The zero-order chi connectivity index (χ0) is 10.4. The lowest BCUT2D eigenvalue weighted by Crippen LogP contribution is -2.20. The molecule has 1 aliphatic rings. The topological polar surface area (TPSA) is 38.3 Å². The monoisotopic (exact) mass is 199 g/mol. The van der Waals surface area contributed by atoms with E-state index in [1.54, 1.807) is 0 Å².